The highest BCUT2D eigenvalue weighted by Crippen LogP contribution is 2.93. The first-order chi connectivity index (χ1) is 13.1. The van der Waals surface area contributed by atoms with Gasteiger partial charge in [-0.25, -0.2) is 13.6 Å². The summed E-state index contributed by atoms with van der Waals surface area (Å²) in [6.45, 7) is 7.85. The number of phenolic OH excluding ortho intramolecular Hbond substituents is 1. The minimum atomic E-state index is -1.66. The van der Waals surface area contributed by atoms with Gasteiger partial charge in [0.15, 0.2) is 0 Å². The molecule has 9 fully saturated rings. The standard InChI is InChI=1S/C15H15O10P3/c1-7-5-8(6-9(10(7)16)11(2,3)4)12-13(19-26(17-12)18-12)14(21-27(20-13)22-14)15-23-28(24-15)25-15/h5-6,16H,1-4H3. The molecule has 0 aromatic heterocycles. The van der Waals surface area contributed by atoms with Crippen molar-refractivity contribution in [3.8, 4) is 5.75 Å². The molecule has 9 aliphatic heterocycles. The Morgan fingerprint density at radius 1 is 0.786 bits per heavy atom. The second-order valence-electron chi connectivity index (χ2n) is 8.34. The van der Waals surface area contributed by atoms with Crippen LogP contribution < -0.4 is 0 Å². The molecule has 0 saturated carbocycles. The van der Waals surface area contributed by atoms with Crippen LogP contribution in [0.25, 0.3) is 0 Å². The second-order valence-corrected chi connectivity index (χ2v) is 11.3. The molecule has 1 N–H and O–H groups in total. The maximum Gasteiger partial charge on any atom is 0.367 e. The van der Waals surface area contributed by atoms with E-state index in [0.717, 1.165) is 5.56 Å². The number of hydrogen-bond donors (Lipinski definition) is 1. The predicted octanol–water partition coefficient (Wildman–Crippen LogP) is 4.11. The zero-order valence-electron chi connectivity index (χ0n) is 15.1. The topological polar surface area (TPSA) is 103 Å². The van der Waals surface area contributed by atoms with Crippen LogP contribution in [0.15, 0.2) is 12.1 Å². The smallest absolute Gasteiger partial charge is 0.367 e. The molecule has 0 amide bonds. The number of phenols is 1. The fraction of sp³-hybridized carbons (Fsp3) is 0.600. The van der Waals surface area contributed by atoms with E-state index < -0.39 is 49.1 Å². The van der Waals surface area contributed by atoms with Gasteiger partial charge in [-0.1, -0.05) is 20.8 Å². The predicted molar refractivity (Wildman–Crippen MR) is 91.9 cm³/mol. The average molecular weight is 448 g/mol. The zero-order valence-corrected chi connectivity index (χ0v) is 17.8. The monoisotopic (exact) mass is 448 g/mol. The first kappa shape index (κ1) is 17.6. The van der Waals surface area contributed by atoms with Gasteiger partial charge >= 0.3 is 43.4 Å². The number of hydrogen-bond acceptors (Lipinski definition) is 10. The molecule has 1 spiro atoms. The third-order valence-electron chi connectivity index (χ3n) is 5.56. The first-order valence-electron chi connectivity index (χ1n) is 8.61. The van der Waals surface area contributed by atoms with Gasteiger partial charge in [-0.2, -0.15) is 0 Å². The molecule has 150 valence electrons. The van der Waals surface area contributed by atoms with E-state index >= 15 is 0 Å². The molecule has 13 heteroatoms. The summed E-state index contributed by atoms with van der Waals surface area (Å²) in [6.07, 6.45) is 0. The summed E-state index contributed by atoms with van der Waals surface area (Å²) in [7, 11) is -4.67. The quantitative estimate of drug-likeness (QED) is 0.665. The Bertz CT molecular complexity index is 916. The van der Waals surface area contributed by atoms with E-state index in [1.165, 1.54) is 0 Å². The summed E-state index contributed by atoms with van der Waals surface area (Å²) in [5.41, 5.74) is 1.72. The molecule has 1 unspecified atom stereocenters. The average Bonchev–Trinajstić information content (AvgIpc) is 3.12. The van der Waals surface area contributed by atoms with E-state index in [-0.39, 0.29) is 11.2 Å². The minimum Gasteiger partial charge on any atom is -0.507 e. The van der Waals surface area contributed by atoms with Crippen LogP contribution in [0.5, 0.6) is 5.75 Å². The molecule has 1 aromatic carbocycles. The molecule has 0 aliphatic carbocycles. The van der Waals surface area contributed by atoms with Gasteiger partial charge in [-0.3, -0.25) is 27.1 Å². The third-order valence-corrected chi connectivity index (χ3v) is 9.17. The van der Waals surface area contributed by atoms with Crippen molar-refractivity contribution in [2.24, 2.45) is 0 Å². The summed E-state index contributed by atoms with van der Waals surface area (Å²) in [6, 6.07) is 3.61. The lowest BCUT2D eigenvalue weighted by molar-refractivity contribution is -0.539. The van der Waals surface area contributed by atoms with Gasteiger partial charge < -0.3 is 5.11 Å². The van der Waals surface area contributed by atoms with Gasteiger partial charge in [0.25, 0.3) is 5.79 Å². The van der Waals surface area contributed by atoms with E-state index in [4.69, 9.17) is 40.7 Å². The maximum absolute atomic E-state index is 10.6. The fourth-order valence-electron chi connectivity index (χ4n) is 4.08. The lowest BCUT2D eigenvalue weighted by atomic mass is 9.81. The van der Waals surface area contributed by atoms with Crippen LogP contribution in [-0.4, -0.2) is 22.7 Å². The van der Waals surface area contributed by atoms with Crippen LogP contribution in [0.1, 0.15) is 37.5 Å². The summed E-state index contributed by atoms with van der Waals surface area (Å²) >= 11 is 0. The van der Waals surface area contributed by atoms with Gasteiger partial charge in [-0.15, -0.1) is 0 Å². The summed E-state index contributed by atoms with van der Waals surface area (Å²) < 4.78 is 52.5. The summed E-state index contributed by atoms with van der Waals surface area (Å²) in [5.74, 6) is -5.98. The third kappa shape index (κ3) is 1.62. The normalized spacial score (nSPS) is 52.1. The zero-order chi connectivity index (χ0) is 19.3. The van der Waals surface area contributed by atoms with Crippen LogP contribution in [-0.2, 0) is 51.9 Å². The molecular formula is C15H15O10P3. The van der Waals surface area contributed by atoms with Crippen molar-refractivity contribution in [1.82, 2.24) is 0 Å². The number of aromatic hydroxyl groups is 1. The van der Waals surface area contributed by atoms with Gasteiger partial charge in [0, 0.05) is 5.56 Å². The molecule has 1 atom stereocenters. The highest BCUT2D eigenvalue weighted by molar-refractivity contribution is 7.46. The number of benzene rings is 1. The molecule has 9 aliphatic rings. The van der Waals surface area contributed by atoms with E-state index in [1.54, 1.807) is 6.07 Å². The van der Waals surface area contributed by atoms with Gasteiger partial charge in [0.05, 0.1) is 0 Å². The van der Waals surface area contributed by atoms with Crippen molar-refractivity contribution in [2.75, 3.05) is 0 Å². The summed E-state index contributed by atoms with van der Waals surface area (Å²) in [5, 5.41) is 10.6. The Labute approximate surface area is 163 Å². The van der Waals surface area contributed by atoms with Crippen LogP contribution >= 0.6 is 25.8 Å². The SMILES string of the molecule is Cc1cc(C23OP(O2)OC32OP3OC2(C24OP(O2)O4)O3)cc(C(C)(C)C)c1O. The lowest BCUT2D eigenvalue weighted by Gasteiger charge is -2.63. The highest BCUT2D eigenvalue weighted by Gasteiger charge is 3.02. The van der Waals surface area contributed by atoms with Gasteiger partial charge in [-0.05, 0) is 35.6 Å². The van der Waals surface area contributed by atoms with Crippen LogP contribution in [0, 0.1) is 6.92 Å². The Balaban J connectivity index is 1.41. The molecule has 9 saturated heterocycles. The summed E-state index contributed by atoms with van der Waals surface area (Å²) in [4.78, 5) is 0. The van der Waals surface area contributed by atoms with Crippen molar-refractivity contribution < 1.29 is 45.8 Å². The van der Waals surface area contributed by atoms with E-state index in [1.807, 2.05) is 33.8 Å². The number of rotatable bonds is 2. The van der Waals surface area contributed by atoms with Crippen LogP contribution in [0.3, 0.4) is 0 Å². The molecular weight excluding hydrogens is 433 g/mol. The number of aryl methyl sites for hydroxylation is 1. The Kier molecular flexibility index (Phi) is 2.97. The maximum atomic E-state index is 10.6. The molecule has 0 radical (unpaired) electrons. The Hall–Kier alpha value is -0.0500. The lowest BCUT2D eigenvalue weighted by Crippen LogP contribution is -2.80. The van der Waals surface area contributed by atoms with E-state index in [0.29, 0.717) is 11.1 Å². The molecule has 10 rings (SSSR count). The minimum absolute atomic E-state index is 0.225. The molecule has 6 bridgehead atoms. The largest absolute Gasteiger partial charge is 0.507 e. The Morgan fingerprint density at radius 3 is 1.86 bits per heavy atom. The molecule has 1 aromatic rings. The van der Waals surface area contributed by atoms with Gasteiger partial charge in [0.1, 0.15) is 5.75 Å². The van der Waals surface area contributed by atoms with E-state index in [2.05, 4.69) is 0 Å². The second kappa shape index (κ2) is 4.73. The van der Waals surface area contributed by atoms with Crippen molar-refractivity contribution in [2.45, 2.75) is 56.4 Å². The highest BCUT2D eigenvalue weighted by atomic mass is 31.2. The van der Waals surface area contributed by atoms with Gasteiger partial charge in [0.2, 0.25) is 0 Å². The van der Waals surface area contributed by atoms with Crippen LogP contribution in [0.4, 0.5) is 0 Å². The van der Waals surface area contributed by atoms with Crippen LogP contribution in [0.2, 0.25) is 0 Å². The van der Waals surface area contributed by atoms with Crippen molar-refractivity contribution in [3.63, 3.8) is 0 Å². The fourth-order valence-corrected chi connectivity index (χ4v) is 8.03. The van der Waals surface area contributed by atoms with Crippen molar-refractivity contribution in [3.05, 3.63) is 28.8 Å². The molecule has 9 heterocycles. The van der Waals surface area contributed by atoms with Crippen molar-refractivity contribution in [1.29, 1.82) is 0 Å². The first-order valence-corrected chi connectivity index (χ1v) is 11.9. The molecule has 28 heavy (non-hydrogen) atoms. The molecule has 10 nitrogen and oxygen atoms in total. The van der Waals surface area contributed by atoms with E-state index in [9.17, 15) is 5.11 Å². The Morgan fingerprint density at radius 2 is 1.32 bits per heavy atom. The van der Waals surface area contributed by atoms with Crippen molar-refractivity contribution >= 4 is 25.8 Å².